The van der Waals surface area contributed by atoms with Gasteiger partial charge in [0.2, 0.25) is 10.0 Å². The number of nitrogens with one attached hydrogen (secondary N) is 1. The maximum absolute atomic E-state index is 12.5. The number of oxazole rings is 1. The Morgan fingerprint density at radius 1 is 1.04 bits per heavy atom. The molecule has 1 saturated heterocycles. The fourth-order valence-corrected chi connectivity index (χ4v) is 4.45. The molecule has 0 aliphatic carbocycles. The number of hydrogen-bond acceptors (Lipinski definition) is 4. The SMILES string of the molecule is O=S(=O)(/C=C/c1ccccc1)N1CC[NH+](Cc2nc3ccccc3o2)CC1. The summed E-state index contributed by atoms with van der Waals surface area (Å²) in [5.41, 5.74) is 2.53. The van der Waals surface area contributed by atoms with E-state index in [2.05, 4.69) is 4.98 Å². The molecule has 2 aromatic carbocycles. The number of quaternary nitrogens is 1. The van der Waals surface area contributed by atoms with Crippen LogP contribution in [0.2, 0.25) is 0 Å². The second kappa shape index (κ2) is 7.64. The Bertz CT molecular complexity index is 1000. The molecule has 7 heteroatoms. The number of para-hydroxylation sites is 2. The average Bonchev–Trinajstić information content (AvgIpc) is 3.10. The maximum Gasteiger partial charge on any atom is 0.251 e. The van der Waals surface area contributed by atoms with E-state index in [-0.39, 0.29) is 0 Å². The first kappa shape index (κ1) is 17.9. The summed E-state index contributed by atoms with van der Waals surface area (Å²) >= 11 is 0. The Labute approximate surface area is 158 Å². The lowest BCUT2D eigenvalue weighted by Gasteiger charge is -2.30. The summed E-state index contributed by atoms with van der Waals surface area (Å²) in [6.07, 6.45) is 1.65. The van der Waals surface area contributed by atoms with E-state index in [1.807, 2.05) is 54.6 Å². The Morgan fingerprint density at radius 3 is 2.48 bits per heavy atom. The van der Waals surface area contributed by atoms with Gasteiger partial charge < -0.3 is 9.32 Å². The molecule has 2 heterocycles. The topological polar surface area (TPSA) is 67.8 Å². The first-order valence-electron chi connectivity index (χ1n) is 9.01. The summed E-state index contributed by atoms with van der Waals surface area (Å²) in [6, 6.07) is 17.2. The minimum atomic E-state index is -3.40. The zero-order chi connectivity index (χ0) is 18.7. The molecule has 1 aliphatic rings. The minimum absolute atomic E-state index is 0.497. The Kier molecular flexibility index (Phi) is 5.07. The zero-order valence-corrected chi connectivity index (χ0v) is 15.7. The molecule has 0 amide bonds. The van der Waals surface area contributed by atoms with Crippen LogP contribution >= 0.6 is 0 Å². The van der Waals surface area contributed by atoms with Crippen molar-refractivity contribution in [2.24, 2.45) is 0 Å². The van der Waals surface area contributed by atoms with E-state index in [0.29, 0.717) is 25.5 Å². The smallest absolute Gasteiger partial charge is 0.251 e. The number of piperazine rings is 1. The van der Waals surface area contributed by atoms with Crippen molar-refractivity contribution >= 4 is 27.2 Å². The third kappa shape index (κ3) is 4.27. The van der Waals surface area contributed by atoms with Crippen molar-refractivity contribution in [1.82, 2.24) is 9.29 Å². The number of sulfonamides is 1. The van der Waals surface area contributed by atoms with E-state index in [0.717, 1.165) is 29.8 Å². The first-order chi connectivity index (χ1) is 13.1. The molecule has 0 bridgehead atoms. The van der Waals surface area contributed by atoms with Gasteiger partial charge in [-0.15, -0.1) is 0 Å². The van der Waals surface area contributed by atoms with Crippen LogP contribution < -0.4 is 4.90 Å². The highest BCUT2D eigenvalue weighted by Gasteiger charge is 2.28. The van der Waals surface area contributed by atoms with Crippen LogP contribution in [-0.2, 0) is 16.6 Å². The van der Waals surface area contributed by atoms with Crippen molar-refractivity contribution in [2.75, 3.05) is 26.2 Å². The zero-order valence-electron chi connectivity index (χ0n) is 14.9. The number of nitrogens with zero attached hydrogens (tertiary/aromatic N) is 2. The lowest BCUT2D eigenvalue weighted by molar-refractivity contribution is -0.918. The monoisotopic (exact) mass is 384 g/mol. The molecule has 27 heavy (non-hydrogen) atoms. The number of hydrogen-bond donors (Lipinski definition) is 1. The maximum atomic E-state index is 12.5. The normalized spacial score (nSPS) is 17.0. The highest BCUT2D eigenvalue weighted by molar-refractivity contribution is 7.92. The fraction of sp³-hybridized carbons (Fsp3) is 0.250. The Morgan fingerprint density at radius 2 is 1.74 bits per heavy atom. The van der Waals surface area contributed by atoms with E-state index in [9.17, 15) is 8.42 Å². The van der Waals surface area contributed by atoms with Gasteiger partial charge in [-0.2, -0.15) is 4.31 Å². The lowest BCUT2D eigenvalue weighted by Crippen LogP contribution is -3.13. The van der Waals surface area contributed by atoms with Crippen molar-refractivity contribution in [3.63, 3.8) is 0 Å². The minimum Gasteiger partial charge on any atom is -0.435 e. The number of rotatable bonds is 5. The number of benzene rings is 2. The highest BCUT2D eigenvalue weighted by Crippen LogP contribution is 2.14. The van der Waals surface area contributed by atoms with Gasteiger partial charge in [-0.05, 0) is 23.8 Å². The predicted octanol–water partition coefficient (Wildman–Crippen LogP) is 1.53. The molecule has 1 N–H and O–H groups in total. The van der Waals surface area contributed by atoms with Crippen LogP contribution in [0.5, 0.6) is 0 Å². The van der Waals surface area contributed by atoms with E-state index in [1.165, 1.54) is 10.3 Å². The molecule has 6 nitrogen and oxygen atoms in total. The van der Waals surface area contributed by atoms with E-state index < -0.39 is 10.0 Å². The lowest BCUT2D eigenvalue weighted by atomic mass is 10.2. The van der Waals surface area contributed by atoms with Gasteiger partial charge in [0.05, 0.1) is 26.2 Å². The Hall–Kier alpha value is -2.48. The summed E-state index contributed by atoms with van der Waals surface area (Å²) < 4.78 is 32.4. The van der Waals surface area contributed by atoms with Crippen LogP contribution in [0.3, 0.4) is 0 Å². The van der Waals surface area contributed by atoms with Gasteiger partial charge >= 0.3 is 0 Å². The third-order valence-electron chi connectivity index (χ3n) is 4.76. The molecule has 140 valence electrons. The molecule has 1 fully saturated rings. The van der Waals surface area contributed by atoms with Crippen LogP contribution in [0, 0.1) is 0 Å². The van der Waals surface area contributed by atoms with E-state index >= 15 is 0 Å². The summed E-state index contributed by atoms with van der Waals surface area (Å²) in [4.78, 5) is 5.78. The molecule has 0 radical (unpaired) electrons. The summed E-state index contributed by atoms with van der Waals surface area (Å²) in [7, 11) is -3.40. The van der Waals surface area contributed by atoms with Crippen LogP contribution in [0.15, 0.2) is 64.4 Å². The molecular formula is C20H22N3O3S+. The summed E-state index contributed by atoms with van der Waals surface area (Å²) in [5, 5.41) is 1.30. The first-order valence-corrected chi connectivity index (χ1v) is 10.5. The molecule has 0 spiro atoms. The van der Waals surface area contributed by atoms with Gasteiger partial charge in [0.15, 0.2) is 12.1 Å². The average molecular weight is 384 g/mol. The second-order valence-electron chi connectivity index (χ2n) is 6.66. The molecule has 0 saturated carbocycles. The van der Waals surface area contributed by atoms with Crippen molar-refractivity contribution in [1.29, 1.82) is 0 Å². The molecule has 1 aromatic heterocycles. The standard InChI is InChI=1S/C20H21N3O3S/c24-27(25,15-10-17-6-2-1-3-7-17)23-13-11-22(12-14-23)16-20-21-18-8-4-5-9-19(18)26-20/h1-10,15H,11-14,16H2/p+1/b15-10+. The Balaban J connectivity index is 1.36. The van der Waals surface area contributed by atoms with Crippen LogP contribution in [-0.4, -0.2) is 43.9 Å². The van der Waals surface area contributed by atoms with Crippen molar-refractivity contribution in [3.8, 4) is 0 Å². The van der Waals surface area contributed by atoms with Crippen molar-refractivity contribution in [2.45, 2.75) is 6.54 Å². The van der Waals surface area contributed by atoms with E-state index in [1.54, 1.807) is 10.4 Å². The van der Waals surface area contributed by atoms with Gasteiger partial charge in [-0.3, -0.25) is 0 Å². The largest absolute Gasteiger partial charge is 0.435 e. The summed E-state index contributed by atoms with van der Waals surface area (Å²) in [6.45, 7) is 3.13. The number of fused-ring (bicyclic) bond motifs is 1. The van der Waals surface area contributed by atoms with Gasteiger partial charge in [0.1, 0.15) is 5.52 Å². The van der Waals surface area contributed by atoms with Gasteiger partial charge in [0, 0.05) is 5.41 Å². The van der Waals surface area contributed by atoms with Gasteiger partial charge in [0.25, 0.3) is 5.89 Å². The van der Waals surface area contributed by atoms with Crippen LogP contribution in [0.4, 0.5) is 0 Å². The van der Waals surface area contributed by atoms with Gasteiger partial charge in [-0.1, -0.05) is 42.5 Å². The molecular weight excluding hydrogens is 362 g/mol. The predicted molar refractivity (Wildman–Crippen MR) is 104 cm³/mol. The van der Waals surface area contributed by atoms with Gasteiger partial charge in [-0.25, -0.2) is 13.4 Å². The highest BCUT2D eigenvalue weighted by atomic mass is 32.2. The molecule has 1 aliphatic heterocycles. The second-order valence-corrected chi connectivity index (χ2v) is 8.48. The molecule has 0 unspecified atom stereocenters. The van der Waals surface area contributed by atoms with Crippen molar-refractivity contribution < 1.29 is 17.7 Å². The third-order valence-corrected chi connectivity index (χ3v) is 6.33. The van der Waals surface area contributed by atoms with Crippen LogP contribution in [0.1, 0.15) is 11.5 Å². The molecule has 4 rings (SSSR count). The summed E-state index contributed by atoms with van der Waals surface area (Å²) in [5.74, 6) is 0.700. The van der Waals surface area contributed by atoms with Crippen LogP contribution in [0.25, 0.3) is 17.2 Å². The molecule has 0 atom stereocenters. The fourth-order valence-electron chi connectivity index (χ4n) is 3.26. The quantitative estimate of drug-likeness (QED) is 0.724. The van der Waals surface area contributed by atoms with Crippen molar-refractivity contribution in [3.05, 3.63) is 71.5 Å². The van der Waals surface area contributed by atoms with E-state index in [4.69, 9.17) is 4.42 Å². The number of aromatic nitrogens is 1. The molecule has 3 aromatic rings.